The SMILES string of the molecule is CN1CCCC(N(C)CC(=O)c2ccc(Cl)cc2)C1. The number of carbonyl (C=O) groups is 1. The molecule has 1 aliphatic heterocycles. The van der Waals surface area contributed by atoms with Crippen LogP contribution in [0.4, 0.5) is 0 Å². The molecule has 19 heavy (non-hydrogen) atoms. The molecule has 4 heteroatoms. The predicted molar refractivity (Wildman–Crippen MR) is 78.9 cm³/mol. The summed E-state index contributed by atoms with van der Waals surface area (Å²) in [6.45, 7) is 2.68. The molecule has 1 aromatic rings. The fraction of sp³-hybridized carbons (Fsp3) is 0.533. The number of ketones is 1. The maximum Gasteiger partial charge on any atom is 0.176 e. The van der Waals surface area contributed by atoms with Crippen molar-refractivity contribution < 1.29 is 4.79 Å². The Kier molecular flexibility index (Phi) is 4.97. The lowest BCUT2D eigenvalue weighted by molar-refractivity contribution is 0.0857. The van der Waals surface area contributed by atoms with Crippen molar-refractivity contribution in [3.8, 4) is 0 Å². The summed E-state index contributed by atoms with van der Waals surface area (Å²) in [5.41, 5.74) is 0.736. The average Bonchev–Trinajstić information content (AvgIpc) is 2.39. The molecule has 3 nitrogen and oxygen atoms in total. The first-order valence-corrected chi connectivity index (χ1v) is 7.11. The third kappa shape index (κ3) is 4.03. The Bertz CT molecular complexity index is 432. The summed E-state index contributed by atoms with van der Waals surface area (Å²) in [4.78, 5) is 16.7. The van der Waals surface area contributed by atoms with Crippen LogP contribution in [-0.2, 0) is 0 Å². The number of rotatable bonds is 4. The van der Waals surface area contributed by atoms with Gasteiger partial charge in [-0.3, -0.25) is 9.69 Å². The van der Waals surface area contributed by atoms with Crippen LogP contribution in [0.2, 0.25) is 5.02 Å². The number of likely N-dealkylation sites (tertiary alicyclic amines) is 1. The van der Waals surface area contributed by atoms with Crippen molar-refractivity contribution in [3.63, 3.8) is 0 Å². The minimum Gasteiger partial charge on any atom is -0.305 e. The van der Waals surface area contributed by atoms with Gasteiger partial charge in [0.25, 0.3) is 0 Å². The van der Waals surface area contributed by atoms with Crippen LogP contribution in [0.25, 0.3) is 0 Å². The maximum atomic E-state index is 12.2. The highest BCUT2D eigenvalue weighted by molar-refractivity contribution is 6.30. The molecule has 1 unspecified atom stereocenters. The molecule has 1 saturated heterocycles. The number of likely N-dealkylation sites (N-methyl/N-ethyl adjacent to an activating group) is 2. The Labute approximate surface area is 120 Å². The lowest BCUT2D eigenvalue weighted by Crippen LogP contribution is -2.46. The Balaban J connectivity index is 1.92. The largest absolute Gasteiger partial charge is 0.305 e. The summed E-state index contributed by atoms with van der Waals surface area (Å²) in [5, 5.41) is 0.666. The van der Waals surface area contributed by atoms with Crippen LogP contribution in [-0.4, -0.2) is 55.4 Å². The zero-order valence-corrected chi connectivity index (χ0v) is 12.4. The van der Waals surface area contributed by atoms with Crippen LogP contribution < -0.4 is 0 Å². The van der Waals surface area contributed by atoms with Gasteiger partial charge in [0.05, 0.1) is 6.54 Å². The Hall–Kier alpha value is -0.900. The molecule has 0 bridgehead atoms. The molecule has 0 saturated carbocycles. The number of carbonyl (C=O) groups excluding carboxylic acids is 1. The van der Waals surface area contributed by atoms with E-state index < -0.39 is 0 Å². The van der Waals surface area contributed by atoms with Gasteiger partial charge < -0.3 is 4.90 Å². The molecule has 0 aliphatic carbocycles. The van der Waals surface area contributed by atoms with Gasteiger partial charge in [-0.2, -0.15) is 0 Å². The molecule has 0 aromatic heterocycles. The van der Waals surface area contributed by atoms with Crippen LogP contribution in [0.3, 0.4) is 0 Å². The maximum absolute atomic E-state index is 12.2. The normalized spacial score (nSPS) is 20.7. The monoisotopic (exact) mass is 280 g/mol. The first-order valence-electron chi connectivity index (χ1n) is 6.74. The Morgan fingerprint density at radius 1 is 1.42 bits per heavy atom. The molecular weight excluding hydrogens is 260 g/mol. The summed E-state index contributed by atoms with van der Waals surface area (Å²) >= 11 is 5.83. The third-order valence-corrected chi connectivity index (χ3v) is 4.03. The second-order valence-electron chi connectivity index (χ2n) is 5.40. The fourth-order valence-corrected chi connectivity index (χ4v) is 2.71. The van der Waals surface area contributed by atoms with Crippen molar-refractivity contribution in [3.05, 3.63) is 34.9 Å². The number of nitrogens with zero attached hydrogens (tertiary/aromatic N) is 2. The van der Waals surface area contributed by atoms with E-state index >= 15 is 0 Å². The number of piperidine rings is 1. The molecule has 0 N–H and O–H groups in total. The minimum absolute atomic E-state index is 0.160. The van der Waals surface area contributed by atoms with Gasteiger partial charge in [-0.15, -0.1) is 0 Å². The number of benzene rings is 1. The zero-order valence-electron chi connectivity index (χ0n) is 11.6. The summed E-state index contributed by atoms with van der Waals surface area (Å²) < 4.78 is 0. The molecule has 0 amide bonds. The topological polar surface area (TPSA) is 23.6 Å². The molecule has 1 aromatic carbocycles. The van der Waals surface area contributed by atoms with Crippen LogP contribution in [0.5, 0.6) is 0 Å². The summed E-state index contributed by atoms with van der Waals surface area (Å²) in [6.07, 6.45) is 2.38. The van der Waals surface area contributed by atoms with E-state index in [0.717, 1.165) is 18.7 Å². The summed E-state index contributed by atoms with van der Waals surface area (Å²) in [5.74, 6) is 0.160. The van der Waals surface area contributed by atoms with E-state index in [1.807, 2.05) is 7.05 Å². The molecule has 0 spiro atoms. The number of hydrogen-bond donors (Lipinski definition) is 0. The van der Waals surface area contributed by atoms with Gasteiger partial charge in [-0.25, -0.2) is 0 Å². The Morgan fingerprint density at radius 3 is 2.74 bits per heavy atom. The average molecular weight is 281 g/mol. The van der Waals surface area contributed by atoms with Crippen molar-refractivity contribution >= 4 is 17.4 Å². The molecule has 0 radical (unpaired) electrons. The molecule has 1 heterocycles. The fourth-order valence-electron chi connectivity index (χ4n) is 2.58. The van der Waals surface area contributed by atoms with Gasteiger partial charge in [0.2, 0.25) is 0 Å². The van der Waals surface area contributed by atoms with E-state index in [1.54, 1.807) is 24.3 Å². The molecular formula is C15H21ClN2O. The number of hydrogen-bond acceptors (Lipinski definition) is 3. The highest BCUT2D eigenvalue weighted by atomic mass is 35.5. The van der Waals surface area contributed by atoms with E-state index in [9.17, 15) is 4.79 Å². The van der Waals surface area contributed by atoms with Crippen molar-refractivity contribution in [2.75, 3.05) is 33.7 Å². The predicted octanol–water partition coefficient (Wildman–Crippen LogP) is 2.55. The van der Waals surface area contributed by atoms with Crippen LogP contribution >= 0.6 is 11.6 Å². The van der Waals surface area contributed by atoms with E-state index in [1.165, 1.54) is 12.8 Å². The third-order valence-electron chi connectivity index (χ3n) is 3.78. The number of Topliss-reactive ketones (excluding diaryl/α,β-unsaturated/α-hetero) is 1. The van der Waals surface area contributed by atoms with Crippen LogP contribution in [0.15, 0.2) is 24.3 Å². The van der Waals surface area contributed by atoms with Gasteiger partial charge in [-0.1, -0.05) is 11.6 Å². The van der Waals surface area contributed by atoms with Crippen molar-refractivity contribution in [1.82, 2.24) is 9.80 Å². The standard InChI is InChI=1S/C15H21ClN2O/c1-17-9-3-4-14(10-17)18(2)11-15(19)12-5-7-13(16)8-6-12/h5-8,14H,3-4,9-11H2,1-2H3. The number of halogens is 1. The van der Waals surface area contributed by atoms with Gasteiger partial charge in [0.1, 0.15) is 0 Å². The first-order chi connectivity index (χ1) is 9.06. The van der Waals surface area contributed by atoms with Crippen LogP contribution in [0, 0.1) is 0 Å². The van der Waals surface area contributed by atoms with Gasteiger partial charge in [-0.05, 0) is 57.7 Å². The quantitative estimate of drug-likeness (QED) is 0.792. The zero-order chi connectivity index (χ0) is 13.8. The highest BCUT2D eigenvalue weighted by Gasteiger charge is 2.22. The van der Waals surface area contributed by atoms with Crippen molar-refractivity contribution in [2.45, 2.75) is 18.9 Å². The van der Waals surface area contributed by atoms with Crippen LogP contribution in [0.1, 0.15) is 23.2 Å². The lowest BCUT2D eigenvalue weighted by Gasteiger charge is -2.35. The van der Waals surface area contributed by atoms with Crippen molar-refractivity contribution in [2.24, 2.45) is 0 Å². The van der Waals surface area contributed by atoms with Gasteiger partial charge >= 0.3 is 0 Å². The minimum atomic E-state index is 0.160. The molecule has 1 atom stereocenters. The first kappa shape index (κ1) is 14.5. The van der Waals surface area contributed by atoms with Gasteiger partial charge in [0, 0.05) is 23.2 Å². The van der Waals surface area contributed by atoms with E-state index in [2.05, 4.69) is 16.8 Å². The summed E-state index contributed by atoms with van der Waals surface area (Å²) in [6, 6.07) is 7.61. The van der Waals surface area contributed by atoms with E-state index in [-0.39, 0.29) is 5.78 Å². The highest BCUT2D eigenvalue weighted by Crippen LogP contribution is 2.15. The molecule has 1 fully saturated rings. The molecule has 1 aliphatic rings. The van der Waals surface area contributed by atoms with Gasteiger partial charge in [0.15, 0.2) is 5.78 Å². The van der Waals surface area contributed by atoms with E-state index in [0.29, 0.717) is 17.6 Å². The second-order valence-corrected chi connectivity index (χ2v) is 5.84. The smallest absolute Gasteiger partial charge is 0.176 e. The second kappa shape index (κ2) is 6.51. The molecule has 2 rings (SSSR count). The van der Waals surface area contributed by atoms with Crippen molar-refractivity contribution in [1.29, 1.82) is 0 Å². The Morgan fingerprint density at radius 2 is 2.11 bits per heavy atom. The summed E-state index contributed by atoms with van der Waals surface area (Å²) in [7, 11) is 4.18. The van der Waals surface area contributed by atoms with E-state index in [4.69, 9.17) is 11.6 Å². The molecule has 104 valence electrons. The lowest BCUT2D eigenvalue weighted by atomic mass is 10.0.